The van der Waals surface area contributed by atoms with Crippen LogP contribution in [0.25, 0.3) is 0 Å². The highest BCUT2D eigenvalue weighted by atomic mass is 16.5. The third-order valence-electron chi connectivity index (χ3n) is 2.94. The van der Waals surface area contributed by atoms with E-state index in [9.17, 15) is 9.59 Å². The Bertz CT molecular complexity index is 605. The van der Waals surface area contributed by atoms with Gasteiger partial charge >= 0.3 is 11.9 Å². The van der Waals surface area contributed by atoms with E-state index in [0.717, 1.165) is 0 Å². The normalized spacial score (nSPS) is 10.3. The van der Waals surface area contributed by atoms with Crippen LogP contribution in [0.3, 0.4) is 0 Å². The first-order chi connectivity index (χ1) is 10.1. The van der Waals surface area contributed by atoms with E-state index in [-0.39, 0.29) is 6.42 Å². The summed E-state index contributed by atoms with van der Waals surface area (Å²) in [5.41, 5.74) is 0.630. The Hall–Kier alpha value is -2.82. The maximum Gasteiger partial charge on any atom is 0.318 e. The lowest BCUT2D eigenvalue weighted by Crippen LogP contribution is -2.25. The lowest BCUT2D eigenvalue weighted by atomic mass is 10.00. The Balaban J connectivity index is 2.05. The topological polar surface area (TPSA) is 83.8 Å². The van der Waals surface area contributed by atoms with Gasteiger partial charge in [0.05, 0.1) is 0 Å². The molecule has 0 aliphatic rings. The van der Waals surface area contributed by atoms with Crippen LogP contribution in [0.5, 0.6) is 11.5 Å². The van der Waals surface area contributed by atoms with Crippen molar-refractivity contribution in [3.05, 3.63) is 60.2 Å². The number of aliphatic carboxylic acids is 2. The van der Waals surface area contributed by atoms with Crippen LogP contribution < -0.4 is 4.74 Å². The van der Waals surface area contributed by atoms with Crippen LogP contribution in [-0.2, 0) is 16.0 Å². The second-order valence-electron chi connectivity index (χ2n) is 4.49. The molecular formula is C16H14O5. The fourth-order valence-corrected chi connectivity index (χ4v) is 1.83. The molecule has 2 aromatic carbocycles. The molecule has 0 amide bonds. The van der Waals surface area contributed by atoms with E-state index in [4.69, 9.17) is 14.9 Å². The number of ether oxygens (including phenoxy) is 1. The third kappa shape index (κ3) is 4.07. The summed E-state index contributed by atoms with van der Waals surface area (Å²) in [7, 11) is 0. The fraction of sp³-hybridized carbons (Fsp3) is 0.125. The van der Waals surface area contributed by atoms with Crippen molar-refractivity contribution in [3.63, 3.8) is 0 Å². The van der Waals surface area contributed by atoms with E-state index in [2.05, 4.69) is 0 Å². The zero-order valence-corrected chi connectivity index (χ0v) is 11.1. The van der Waals surface area contributed by atoms with Crippen molar-refractivity contribution < 1.29 is 24.5 Å². The second-order valence-corrected chi connectivity index (χ2v) is 4.49. The number of benzene rings is 2. The summed E-state index contributed by atoms with van der Waals surface area (Å²) < 4.78 is 5.60. The van der Waals surface area contributed by atoms with Crippen LogP contribution >= 0.6 is 0 Å². The minimum absolute atomic E-state index is 0.0592. The molecule has 5 nitrogen and oxygen atoms in total. The molecule has 5 heteroatoms. The largest absolute Gasteiger partial charge is 0.481 e. The maximum absolute atomic E-state index is 10.8. The van der Waals surface area contributed by atoms with Gasteiger partial charge < -0.3 is 14.9 Å². The van der Waals surface area contributed by atoms with Gasteiger partial charge in [0.25, 0.3) is 0 Å². The fourth-order valence-electron chi connectivity index (χ4n) is 1.83. The molecule has 0 saturated heterocycles. The van der Waals surface area contributed by atoms with Gasteiger partial charge in [-0.05, 0) is 36.2 Å². The Morgan fingerprint density at radius 3 is 1.90 bits per heavy atom. The molecule has 0 aliphatic carbocycles. The van der Waals surface area contributed by atoms with Crippen LogP contribution in [0.15, 0.2) is 54.6 Å². The van der Waals surface area contributed by atoms with E-state index in [1.807, 2.05) is 30.3 Å². The van der Waals surface area contributed by atoms with Crippen LogP contribution in [0, 0.1) is 5.92 Å². The van der Waals surface area contributed by atoms with Crippen molar-refractivity contribution >= 4 is 11.9 Å². The van der Waals surface area contributed by atoms with Gasteiger partial charge in [-0.2, -0.15) is 0 Å². The standard InChI is InChI=1S/C16H14O5/c17-15(18)14(16(19)20)10-11-6-8-13(9-7-11)21-12-4-2-1-3-5-12/h1-9,14H,10H2,(H,17,18)(H,19,20). The Morgan fingerprint density at radius 2 is 1.38 bits per heavy atom. The maximum atomic E-state index is 10.8. The Labute approximate surface area is 121 Å². The van der Waals surface area contributed by atoms with Gasteiger partial charge in [0.15, 0.2) is 5.92 Å². The molecule has 0 spiro atoms. The molecule has 2 N–H and O–H groups in total. The minimum atomic E-state index is -1.44. The summed E-state index contributed by atoms with van der Waals surface area (Å²) in [6.45, 7) is 0. The SMILES string of the molecule is O=C(O)C(Cc1ccc(Oc2ccccc2)cc1)C(=O)O. The Morgan fingerprint density at radius 1 is 0.857 bits per heavy atom. The molecule has 0 aromatic heterocycles. The quantitative estimate of drug-likeness (QED) is 0.798. The van der Waals surface area contributed by atoms with Crippen molar-refractivity contribution in [1.29, 1.82) is 0 Å². The van der Waals surface area contributed by atoms with Gasteiger partial charge in [-0.3, -0.25) is 9.59 Å². The van der Waals surface area contributed by atoms with Gasteiger partial charge in [0.2, 0.25) is 0 Å². The molecule has 2 rings (SSSR count). The molecule has 0 bridgehead atoms. The van der Waals surface area contributed by atoms with Crippen molar-refractivity contribution in [2.24, 2.45) is 5.92 Å². The summed E-state index contributed by atoms with van der Waals surface area (Å²) in [5, 5.41) is 17.7. The number of hydrogen-bond donors (Lipinski definition) is 2. The first kappa shape index (κ1) is 14.6. The Kier molecular flexibility index (Phi) is 4.56. The van der Waals surface area contributed by atoms with Gasteiger partial charge in [-0.1, -0.05) is 30.3 Å². The van der Waals surface area contributed by atoms with Gasteiger partial charge in [0, 0.05) is 0 Å². The highest BCUT2D eigenvalue weighted by Crippen LogP contribution is 2.22. The van der Waals surface area contributed by atoms with E-state index in [1.165, 1.54) is 0 Å². The lowest BCUT2D eigenvalue weighted by molar-refractivity contribution is -0.154. The highest BCUT2D eigenvalue weighted by molar-refractivity contribution is 5.93. The van der Waals surface area contributed by atoms with E-state index >= 15 is 0 Å². The van der Waals surface area contributed by atoms with Crippen molar-refractivity contribution in [3.8, 4) is 11.5 Å². The number of carboxylic acids is 2. The number of carbonyl (C=O) groups is 2. The average Bonchev–Trinajstić information content (AvgIpc) is 2.47. The third-order valence-corrected chi connectivity index (χ3v) is 2.94. The second kappa shape index (κ2) is 6.56. The molecule has 2 aromatic rings. The van der Waals surface area contributed by atoms with E-state index in [1.54, 1.807) is 24.3 Å². The molecule has 0 aliphatic heterocycles. The summed E-state index contributed by atoms with van der Waals surface area (Å²) in [5.74, 6) is -2.82. The zero-order chi connectivity index (χ0) is 15.2. The van der Waals surface area contributed by atoms with Crippen LogP contribution in [0.4, 0.5) is 0 Å². The molecule has 0 fully saturated rings. The van der Waals surface area contributed by atoms with Crippen LogP contribution in [-0.4, -0.2) is 22.2 Å². The molecule has 0 unspecified atom stereocenters. The predicted molar refractivity (Wildman–Crippen MR) is 75.4 cm³/mol. The summed E-state index contributed by atoms with van der Waals surface area (Å²) in [6, 6.07) is 15.9. The number of carboxylic acid groups (broad SMARTS) is 2. The molecule has 21 heavy (non-hydrogen) atoms. The van der Waals surface area contributed by atoms with Crippen molar-refractivity contribution in [1.82, 2.24) is 0 Å². The average molecular weight is 286 g/mol. The molecular weight excluding hydrogens is 272 g/mol. The van der Waals surface area contributed by atoms with Crippen molar-refractivity contribution in [2.75, 3.05) is 0 Å². The van der Waals surface area contributed by atoms with E-state index < -0.39 is 17.9 Å². The molecule has 0 atom stereocenters. The summed E-state index contributed by atoms with van der Waals surface area (Å²) >= 11 is 0. The first-order valence-electron chi connectivity index (χ1n) is 6.33. The predicted octanol–water partition coefficient (Wildman–Crippen LogP) is 2.81. The van der Waals surface area contributed by atoms with Crippen molar-refractivity contribution in [2.45, 2.75) is 6.42 Å². The molecule has 0 heterocycles. The first-order valence-corrected chi connectivity index (χ1v) is 6.33. The summed E-state index contributed by atoms with van der Waals surface area (Å²) in [4.78, 5) is 21.7. The smallest absolute Gasteiger partial charge is 0.318 e. The highest BCUT2D eigenvalue weighted by Gasteiger charge is 2.25. The van der Waals surface area contributed by atoms with Gasteiger partial charge in [-0.15, -0.1) is 0 Å². The lowest BCUT2D eigenvalue weighted by Gasteiger charge is -2.09. The zero-order valence-electron chi connectivity index (χ0n) is 11.1. The number of hydrogen-bond acceptors (Lipinski definition) is 3. The van der Waals surface area contributed by atoms with Crippen LogP contribution in [0.2, 0.25) is 0 Å². The monoisotopic (exact) mass is 286 g/mol. The number of para-hydroxylation sites is 1. The minimum Gasteiger partial charge on any atom is -0.481 e. The van der Waals surface area contributed by atoms with Crippen LogP contribution in [0.1, 0.15) is 5.56 Å². The van der Waals surface area contributed by atoms with Gasteiger partial charge in [-0.25, -0.2) is 0 Å². The van der Waals surface area contributed by atoms with E-state index in [0.29, 0.717) is 17.1 Å². The van der Waals surface area contributed by atoms with Gasteiger partial charge in [0.1, 0.15) is 11.5 Å². The molecule has 0 radical (unpaired) electrons. The molecule has 0 saturated carbocycles. The molecule has 108 valence electrons. The number of rotatable bonds is 6. The summed E-state index contributed by atoms with van der Waals surface area (Å²) in [6.07, 6.45) is -0.0592.